The zero-order valence-corrected chi connectivity index (χ0v) is 11.8. The molecular weight excluding hydrogens is 271 g/mol. The number of pyridine rings is 1. The van der Waals surface area contributed by atoms with Crippen molar-refractivity contribution < 1.29 is 9.13 Å². The number of nitrogens with two attached hydrogens (primary N) is 1. The molecular formula is C15H15FN4O. The number of ether oxygens (including phenoxy) is 1. The molecule has 3 aromatic rings. The first-order valence-corrected chi connectivity index (χ1v) is 6.49. The van der Waals surface area contributed by atoms with E-state index in [9.17, 15) is 4.39 Å². The van der Waals surface area contributed by atoms with Crippen molar-refractivity contribution in [1.82, 2.24) is 14.5 Å². The first-order chi connectivity index (χ1) is 10.1. The highest BCUT2D eigenvalue weighted by Crippen LogP contribution is 2.22. The summed E-state index contributed by atoms with van der Waals surface area (Å²) in [6, 6.07) is 6.86. The molecule has 2 aromatic heterocycles. The summed E-state index contributed by atoms with van der Waals surface area (Å²) in [6.45, 7) is 2.24. The molecule has 0 radical (unpaired) electrons. The van der Waals surface area contributed by atoms with Gasteiger partial charge in [-0.3, -0.25) is 0 Å². The maximum atomic E-state index is 13.6. The molecule has 108 valence electrons. The van der Waals surface area contributed by atoms with Gasteiger partial charge in [-0.2, -0.15) is 0 Å². The Kier molecular flexibility index (Phi) is 3.21. The summed E-state index contributed by atoms with van der Waals surface area (Å²) < 4.78 is 20.5. The third-order valence-corrected chi connectivity index (χ3v) is 3.41. The van der Waals surface area contributed by atoms with E-state index in [1.54, 1.807) is 32.4 Å². The fourth-order valence-electron chi connectivity index (χ4n) is 2.24. The topological polar surface area (TPSA) is 66.0 Å². The standard InChI is InChI=1S/C15H15FN4O/c1-9-5-13-12(6-11(9)16)19-15(17)20(13)8-10-3-4-14(21-2)18-7-10/h3-7H,8H2,1-2H3,(H2,17,19). The first-order valence-electron chi connectivity index (χ1n) is 6.49. The molecule has 0 aliphatic rings. The van der Waals surface area contributed by atoms with E-state index in [1.165, 1.54) is 6.07 Å². The van der Waals surface area contributed by atoms with Crippen LogP contribution in [0.5, 0.6) is 5.88 Å². The summed E-state index contributed by atoms with van der Waals surface area (Å²) >= 11 is 0. The van der Waals surface area contributed by atoms with Gasteiger partial charge in [0.15, 0.2) is 0 Å². The number of hydrogen-bond donors (Lipinski definition) is 1. The van der Waals surface area contributed by atoms with Crippen LogP contribution in [0.3, 0.4) is 0 Å². The van der Waals surface area contributed by atoms with Crippen molar-refractivity contribution in [3.05, 3.63) is 47.4 Å². The molecule has 0 fully saturated rings. The SMILES string of the molecule is COc1ccc(Cn2c(N)nc3cc(F)c(C)cc32)cn1. The lowest BCUT2D eigenvalue weighted by Crippen LogP contribution is -2.05. The molecule has 0 atom stereocenters. The maximum absolute atomic E-state index is 13.6. The number of nitrogen functional groups attached to an aromatic ring is 1. The van der Waals surface area contributed by atoms with Gasteiger partial charge in [0.25, 0.3) is 0 Å². The molecule has 2 N–H and O–H groups in total. The van der Waals surface area contributed by atoms with Gasteiger partial charge >= 0.3 is 0 Å². The summed E-state index contributed by atoms with van der Waals surface area (Å²) in [5.41, 5.74) is 8.83. The Morgan fingerprint density at radius 2 is 2.14 bits per heavy atom. The Morgan fingerprint density at radius 3 is 2.81 bits per heavy atom. The summed E-state index contributed by atoms with van der Waals surface area (Å²) in [6.07, 6.45) is 1.72. The normalized spacial score (nSPS) is 11.0. The zero-order valence-electron chi connectivity index (χ0n) is 11.8. The van der Waals surface area contributed by atoms with E-state index in [-0.39, 0.29) is 5.82 Å². The summed E-state index contributed by atoms with van der Waals surface area (Å²) in [5, 5.41) is 0. The molecule has 21 heavy (non-hydrogen) atoms. The second-order valence-electron chi connectivity index (χ2n) is 4.86. The molecule has 0 aliphatic carbocycles. The van der Waals surface area contributed by atoms with Gasteiger partial charge in [0.05, 0.1) is 24.7 Å². The molecule has 0 saturated carbocycles. The number of benzene rings is 1. The van der Waals surface area contributed by atoms with Crippen LogP contribution in [-0.4, -0.2) is 21.6 Å². The number of hydrogen-bond acceptors (Lipinski definition) is 4. The van der Waals surface area contributed by atoms with E-state index in [2.05, 4.69) is 9.97 Å². The van der Waals surface area contributed by atoms with Gasteiger partial charge in [-0.25, -0.2) is 14.4 Å². The van der Waals surface area contributed by atoms with Crippen molar-refractivity contribution in [2.45, 2.75) is 13.5 Å². The van der Waals surface area contributed by atoms with Gasteiger partial charge in [-0.1, -0.05) is 6.07 Å². The average Bonchev–Trinajstić information content (AvgIpc) is 2.76. The fraction of sp³-hybridized carbons (Fsp3) is 0.200. The number of halogens is 1. The van der Waals surface area contributed by atoms with Crippen LogP contribution >= 0.6 is 0 Å². The first kappa shape index (κ1) is 13.4. The molecule has 0 aliphatic heterocycles. The van der Waals surface area contributed by atoms with Crippen molar-refractivity contribution in [2.75, 3.05) is 12.8 Å². The van der Waals surface area contributed by atoms with Crippen LogP contribution in [0.25, 0.3) is 11.0 Å². The molecule has 2 heterocycles. The number of aromatic nitrogens is 3. The van der Waals surface area contributed by atoms with Crippen LogP contribution in [-0.2, 0) is 6.54 Å². The van der Waals surface area contributed by atoms with Crippen molar-refractivity contribution in [3.63, 3.8) is 0 Å². The van der Waals surface area contributed by atoms with Crippen molar-refractivity contribution in [1.29, 1.82) is 0 Å². The second kappa shape index (κ2) is 5.05. The number of imidazole rings is 1. The van der Waals surface area contributed by atoms with Gasteiger partial charge in [-0.05, 0) is 24.1 Å². The van der Waals surface area contributed by atoms with Crippen LogP contribution < -0.4 is 10.5 Å². The van der Waals surface area contributed by atoms with Crippen LogP contribution in [0.1, 0.15) is 11.1 Å². The second-order valence-corrected chi connectivity index (χ2v) is 4.86. The number of anilines is 1. The monoisotopic (exact) mass is 286 g/mol. The van der Waals surface area contributed by atoms with Gasteiger partial charge in [0.1, 0.15) is 5.82 Å². The molecule has 0 unspecified atom stereocenters. The highest BCUT2D eigenvalue weighted by Gasteiger charge is 2.11. The smallest absolute Gasteiger partial charge is 0.212 e. The van der Waals surface area contributed by atoms with Crippen LogP contribution in [0.2, 0.25) is 0 Å². The molecule has 3 rings (SSSR count). The fourth-order valence-corrected chi connectivity index (χ4v) is 2.24. The van der Waals surface area contributed by atoms with Gasteiger partial charge < -0.3 is 15.0 Å². The van der Waals surface area contributed by atoms with E-state index >= 15 is 0 Å². The quantitative estimate of drug-likeness (QED) is 0.803. The van der Waals surface area contributed by atoms with E-state index < -0.39 is 0 Å². The van der Waals surface area contributed by atoms with Crippen molar-refractivity contribution >= 4 is 17.0 Å². The van der Waals surface area contributed by atoms with E-state index in [0.29, 0.717) is 29.5 Å². The van der Waals surface area contributed by atoms with E-state index in [0.717, 1.165) is 11.1 Å². The molecule has 0 bridgehead atoms. The summed E-state index contributed by atoms with van der Waals surface area (Å²) in [7, 11) is 1.57. The van der Waals surface area contributed by atoms with Gasteiger partial charge in [0, 0.05) is 18.3 Å². The molecule has 6 heteroatoms. The lowest BCUT2D eigenvalue weighted by molar-refractivity contribution is 0.397. The predicted molar refractivity (Wildman–Crippen MR) is 78.7 cm³/mol. The third-order valence-electron chi connectivity index (χ3n) is 3.41. The van der Waals surface area contributed by atoms with E-state index in [1.807, 2.05) is 10.6 Å². The van der Waals surface area contributed by atoms with Crippen molar-refractivity contribution in [2.24, 2.45) is 0 Å². The minimum Gasteiger partial charge on any atom is -0.481 e. The van der Waals surface area contributed by atoms with E-state index in [4.69, 9.17) is 10.5 Å². The Hall–Kier alpha value is -2.63. The molecule has 0 spiro atoms. The molecule has 0 amide bonds. The number of rotatable bonds is 3. The largest absolute Gasteiger partial charge is 0.481 e. The Balaban J connectivity index is 2.03. The molecule has 5 nitrogen and oxygen atoms in total. The average molecular weight is 286 g/mol. The molecule has 1 aromatic carbocycles. The van der Waals surface area contributed by atoms with Crippen molar-refractivity contribution in [3.8, 4) is 5.88 Å². The zero-order chi connectivity index (χ0) is 15.0. The van der Waals surface area contributed by atoms with Crippen LogP contribution in [0, 0.1) is 12.7 Å². The summed E-state index contributed by atoms with van der Waals surface area (Å²) in [4.78, 5) is 8.36. The van der Waals surface area contributed by atoms with Crippen LogP contribution in [0.4, 0.5) is 10.3 Å². The third kappa shape index (κ3) is 2.40. The maximum Gasteiger partial charge on any atom is 0.212 e. The Morgan fingerprint density at radius 1 is 1.33 bits per heavy atom. The van der Waals surface area contributed by atoms with Gasteiger partial charge in [0.2, 0.25) is 11.8 Å². The van der Waals surface area contributed by atoms with Gasteiger partial charge in [-0.15, -0.1) is 0 Å². The lowest BCUT2D eigenvalue weighted by Gasteiger charge is -2.07. The number of aryl methyl sites for hydroxylation is 1. The minimum absolute atomic E-state index is 0.279. The number of nitrogens with zero attached hydrogens (tertiary/aromatic N) is 3. The number of methoxy groups -OCH3 is 1. The van der Waals surface area contributed by atoms with Crippen LogP contribution in [0.15, 0.2) is 30.5 Å². The molecule has 0 saturated heterocycles. The highest BCUT2D eigenvalue weighted by molar-refractivity contribution is 5.79. The summed E-state index contributed by atoms with van der Waals surface area (Å²) in [5.74, 6) is 0.629. The Labute approximate surface area is 121 Å². The lowest BCUT2D eigenvalue weighted by atomic mass is 10.2. The number of fused-ring (bicyclic) bond motifs is 1. The Bertz CT molecular complexity index is 796. The predicted octanol–water partition coefficient (Wildman–Crippen LogP) is 2.52. The highest BCUT2D eigenvalue weighted by atomic mass is 19.1. The minimum atomic E-state index is -0.279.